The van der Waals surface area contributed by atoms with Crippen molar-refractivity contribution < 1.29 is 19.1 Å². The minimum Gasteiger partial charge on any atom is -0.462 e. The second kappa shape index (κ2) is 9.11. The molecule has 5 aliphatic rings. The van der Waals surface area contributed by atoms with Crippen molar-refractivity contribution in [2.75, 3.05) is 32.8 Å². The molecule has 4 aliphatic carbocycles. The highest BCUT2D eigenvalue weighted by atomic mass is 16.5. The molecular formula is C28H43NO4. The topological polar surface area (TPSA) is 55.8 Å². The van der Waals surface area contributed by atoms with Crippen LogP contribution in [0.3, 0.4) is 0 Å². The number of nitrogens with zero attached hydrogens (tertiary/aromatic N) is 1. The smallest absolute Gasteiger partial charge is 0.307 e. The van der Waals surface area contributed by atoms with Gasteiger partial charge in [0, 0.05) is 32.0 Å². The number of carbonyl (C=O) groups is 2. The third-order valence-electron chi connectivity index (χ3n) is 10.6. The number of morpholine rings is 1. The average molecular weight is 458 g/mol. The summed E-state index contributed by atoms with van der Waals surface area (Å²) in [5, 5.41) is 0. The molecule has 184 valence electrons. The highest BCUT2D eigenvalue weighted by Crippen LogP contribution is 2.66. The molecule has 0 aromatic rings. The molecule has 5 rings (SSSR count). The fourth-order valence-electron chi connectivity index (χ4n) is 8.71. The Labute approximate surface area is 199 Å². The van der Waals surface area contributed by atoms with Crippen LogP contribution in [-0.4, -0.2) is 55.6 Å². The Hall–Kier alpha value is -1.20. The number of hydrogen-bond acceptors (Lipinski definition) is 5. The molecule has 0 unspecified atom stereocenters. The van der Waals surface area contributed by atoms with Crippen LogP contribution in [0, 0.1) is 34.5 Å². The number of hydrogen-bond donors (Lipinski definition) is 0. The summed E-state index contributed by atoms with van der Waals surface area (Å²) in [6.07, 6.45) is 12.0. The van der Waals surface area contributed by atoms with Gasteiger partial charge in [-0.05, 0) is 80.5 Å². The Bertz CT molecular complexity index is 802. The lowest BCUT2D eigenvalue weighted by atomic mass is 9.47. The average Bonchev–Trinajstić information content (AvgIpc) is 3.16. The molecule has 33 heavy (non-hydrogen) atoms. The minimum absolute atomic E-state index is 0.0421. The number of ketones is 1. The number of carbonyl (C=O) groups excluding carboxylic acids is 2. The van der Waals surface area contributed by atoms with Gasteiger partial charge in [0.05, 0.1) is 19.6 Å². The first kappa shape index (κ1) is 23.5. The SMILES string of the molecule is CC(=O)[C@@H]1CC[C@H]2[C@H]3CC=C4C[C@@H](OC(=O)CCN5CCOCC5)CC[C@]4(C)[C@@H]3CC[C@]12C. The van der Waals surface area contributed by atoms with Gasteiger partial charge in [0.2, 0.25) is 0 Å². The van der Waals surface area contributed by atoms with Gasteiger partial charge in [-0.25, -0.2) is 0 Å². The van der Waals surface area contributed by atoms with Crippen molar-refractivity contribution in [2.45, 2.75) is 84.7 Å². The second-order valence-electron chi connectivity index (χ2n) is 12.1. The fourth-order valence-corrected chi connectivity index (χ4v) is 8.71. The Morgan fingerprint density at radius 3 is 2.64 bits per heavy atom. The van der Waals surface area contributed by atoms with Gasteiger partial charge in [0.1, 0.15) is 11.9 Å². The predicted molar refractivity (Wildman–Crippen MR) is 128 cm³/mol. The van der Waals surface area contributed by atoms with Crippen LogP contribution in [0.5, 0.6) is 0 Å². The molecule has 0 aromatic carbocycles. The monoisotopic (exact) mass is 457 g/mol. The van der Waals surface area contributed by atoms with E-state index in [1.165, 1.54) is 19.3 Å². The quantitative estimate of drug-likeness (QED) is 0.439. The van der Waals surface area contributed by atoms with Crippen LogP contribution in [0.2, 0.25) is 0 Å². The third kappa shape index (κ3) is 4.22. The number of esters is 1. The predicted octanol–water partition coefficient (Wildman–Crippen LogP) is 4.79. The first-order valence-electron chi connectivity index (χ1n) is 13.5. The molecule has 5 nitrogen and oxygen atoms in total. The molecule has 0 amide bonds. The Morgan fingerprint density at radius 2 is 1.88 bits per heavy atom. The van der Waals surface area contributed by atoms with Crippen LogP contribution < -0.4 is 0 Å². The molecule has 1 saturated heterocycles. The lowest BCUT2D eigenvalue weighted by molar-refractivity contribution is -0.152. The maximum atomic E-state index is 12.5. The standard InChI is InChI=1S/C28H43NO4/c1-19(30)23-6-7-24-22-5-4-20-18-21(33-26(31)10-13-29-14-16-32-17-15-29)8-11-27(20,2)25(22)9-12-28(23,24)3/h4,21-25H,5-18H2,1-3H3/t21-,22+,23-,24-,25+,27-,28+/m0/s1. The van der Waals surface area contributed by atoms with Gasteiger partial charge in [0.25, 0.3) is 0 Å². The van der Waals surface area contributed by atoms with Crippen molar-refractivity contribution in [1.29, 1.82) is 0 Å². The van der Waals surface area contributed by atoms with Crippen molar-refractivity contribution >= 4 is 11.8 Å². The number of allylic oxidation sites excluding steroid dienone is 1. The van der Waals surface area contributed by atoms with Crippen molar-refractivity contribution in [1.82, 2.24) is 4.90 Å². The van der Waals surface area contributed by atoms with Crippen LogP contribution >= 0.6 is 0 Å². The van der Waals surface area contributed by atoms with E-state index in [0.29, 0.717) is 18.1 Å². The number of Topliss-reactive ketones (excluding diaryl/α,β-unsaturated/α-hetero) is 1. The summed E-state index contributed by atoms with van der Waals surface area (Å²) < 4.78 is 11.4. The number of ether oxygens (including phenoxy) is 2. The third-order valence-corrected chi connectivity index (χ3v) is 10.6. The van der Waals surface area contributed by atoms with E-state index in [0.717, 1.165) is 76.8 Å². The largest absolute Gasteiger partial charge is 0.462 e. The van der Waals surface area contributed by atoms with Crippen molar-refractivity contribution in [3.63, 3.8) is 0 Å². The van der Waals surface area contributed by atoms with E-state index < -0.39 is 0 Å². The molecule has 0 N–H and O–H groups in total. The van der Waals surface area contributed by atoms with Crippen LogP contribution in [0.1, 0.15) is 78.6 Å². The van der Waals surface area contributed by atoms with Gasteiger partial charge in [-0.2, -0.15) is 0 Å². The zero-order valence-corrected chi connectivity index (χ0v) is 20.9. The zero-order chi connectivity index (χ0) is 23.2. The Morgan fingerprint density at radius 1 is 1.09 bits per heavy atom. The molecule has 0 aromatic heterocycles. The maximum absolute atomic E-state index is 12.5. The van der Waals surface area contributed by atoms with Crippen molar-refractivity contribution in [2.24, 2.45) is 34.5 Å². The van der Waals surface area contributed by atoms with Gasteiger partial charge in [-0.3, -0.25) is 14.5 Å². The normalized spacial score (nSPS) is 43.1. The summed E-state index contributed by atoms with van der Waals surface area (Å²) in [6.45, 7) is 10.9. The van der Waals surface area contributed by atoms with E-state index in [4.69, 9.17) is 9.47 Å². The molecule has 0 radical (unpaired) electrons. The fraction of sp³-hybridized carbons (Fsp3) is 0.857. The van der Waals surface area contributed by atoms with E-state index in [1.807, 2.05) is 6.92 Å². The van der Waals surface area contributed by atoms with E-state index in [1.54, 1.807) is 5.57 Å². The highest BCUT2D eigenvalue weighted by Gasteiger charge is 2.59. The summed E-state index contributed by atoms with van der Waals surface area (Å²) in [6, 6.07) is 0. The number of rotatable bonds is 5. The lowest BCUT2D eigenvalue weighted by Crippen LogP contribution is -2.51. The van der Waals surface area contributed by atoms with Gasteiger partial charge < -0.3 is 9.47 Å². The molecule has 5 heteroatoms. The van der Waals surface area contributed by atoms with Gasteiger partial charge in [-0.1, -0.05) is 25.5 Å². The Balaban J connectivity index is 1.21. The molecule has 7 atom stereocenters. The summed E-state index contributed by atoms with van der Waals surface area (Å²) in [5.41, 5.74) is 2.00. The molecule has 3 saturated carbocycles. The lowest BCUT2D eigenvalue weighted by Gasteiger charge is -2.58. The Kier molecular flexibility index (Phi) is 6.50. The minimum atomic E-state index is -0.0426. The second-order valence-corrected chi connectivity index (χ2v) is 12.1. The highest BCUT2D eigenvalue weighted by molar-refractivity contribution is 5.79. The van der Waals surface area contributed by atoms with Crippen molar-refractivity contribution in [3.8, 4) is 0 Å². The van der Waals surface area contributed by atoms with Crippen LogP contribution in [0.4, 0.5) is 0 Å². The van der Waals surface area contributed by atoms with E-state index in [-0.39, 0.29) is 28.8 Å². The van der Waals surface area contributed by atoms with Crippen LogP contribution in [-0.2, 0) is 19.1 Å². The first-order valence-corrected chi connectivity index (χ1v) is 13.5. The van der Waals surface area contributed by atoms with Gasteiger partial charge in [0.15, 0.2) is 0 Å². The molecule has 4 fully saturated rings. The van der Waals surface area contributed by atoms with Crippen LogP contribution in [0.25, 0.3) is 0 Å². The summed E-state index contributed by atoms with van der Waals surface area (Å²) in [4.78, 5) is 27.2. The van der Waals surface area contributed by atoms with Crippen molar-refractivity contribution in [3.05, 3.63) is 11.6 Å². The molecule has 0 spiro atoms. The van der Waals surface area contributed by atoms with Crippen LogP contribution in [0.15, 0.2) is 11.6 Å². The molecule has 1 aliphatic heterocycles. The summed E-state index contributed by atoms with van der Waals surface area (Å²) in [5.74, 6) is 2.77. The number of fused-ring (bicyclic) bond motifs is 5. The summed E-state index contributed by atoms with van der Waals surface area (Å²) >= 11 is 0. The van der Waals surface area contributed by atoms with Gasteiger partial charge >= 0.3 is 5.97 Å². The van der Waals surface area contributed by atoms with Gasteiger partial charge in [-0.15, -0.1) is 0 Å². The zero-order valence-electron chi connectivity index (χ0n) is 20.9. The summed E-state index contributed by atoms with van der Waals surface area (Å²) in [7, 11) is 0. The maximum Gasteiger partial charge on any atom is 0.307 e. The molecule has 0 bridgehead atoms. The molecule has 1 heterocycles. The molecular weight excluding hydrogens is 414 g/mol. The first-order chi connectivity index (χ1) is 15.8. The van der Waals surface area contributed by atoms with E-state index >= 15 is 0 Å². The van der Waals surface area contributed by atoms with E-state index in [2.05, 4.69) is 24.8 Å². The van der Waals surface area contributed by atoms with E-state index in [9.17, 15) is 9.59 Å².